The lowest BCUT2D eigenvalue weighted by Crippen LogP contribution is -2.42. The summed E-state index contributed by atoms with van der Waals surface area (Å²) in [5.74, 6) is -0.382. The minimum atomic E-state index is -0.407. The lowest BCUT2D eigenvalue weighted by atomic mass is 9.95. The molecule has 0 radical (unpaired) electrons. The number of aromatic nitrogens is 1. The molecule has 0 unspecified atom stereocenters. The minimum absolute atomic E-state index is 0.0118. The number of ketones is 1. The van der Waals surface area contributed by atoms with Gasteiger partial charge < -0.3 is 19.8 Å². The van der Waals surface area contributed by atoms with Crippen molar-refractivity contribution in [3.05, 3.63) is 22.5 Å². The van der Waals surface area contributed by atoms with Crippen LogP contribution in [0.1, 0.15) is 72.1 Å². The van der Waals surface area contributed by atoms with Gasteiger partial charge in [-0.1, -0.05) is 0 Å². The molecule has 1 aliphatic heterocycles. The molecule has 1 amide bonds. The fraction of sp³-hybridized carbons (Fsp3) is 0.696. The van der Waals surface area contributed by atoms with Gasteiger partial charge in [0, 0.05) is 24.8 Å². The molecular formula is C23H37N3O5. The molecule has 2 heterocycles. The van der Waals surface area contributed by atoms with Crippen LogP contribution in [-0.4, -0.2) is 73.0 Å². The Hall–Kier alpha value is -2.19. The highest BCUT2D eigenvalue weighted by molar-refractivity contribution is 6.02. The predicted molar refractivity (Wildman–Crippen MR) is 118 cm³/mol. The van der Waals surface area contributed by atoms with Crippen molar-refractivity contribution in [2.75, 3.05) is 39.4 Å². The highest BCUT2D eigenvalue weighted by Gasteiger charge is 2.28. The number of esters is 1. The molecule has 0 saturated carbocycles. The number of nitrogens with zero attached hydrogens (tertiary/aromatic N) is 1. The first-order valence-corrected chi connectivity index (χ1v) is 11.3. The minimum Gasteiger partial charge on any atom is -0.462 e. The van der Waals surface area contributed by atoms with Crippen LogP contribution in [0.2, 0.25) is 0 Å². The number of rotatable bonds is 11. The summed E-state index contributed by atoms with van der Waals surface area (Å²) in [5.41, 5.74) is 2.19. The Kier molecular flexibility index (Phi) is 9.71. The van der Waals surface area contributed by atoms with Crippen LogP contribution in [0.25, 0.3) is 0 Å². The molecule has 2 rings (SSSR count). The zero-order valence-corrected chi connectivity index (χ0v) is 19.5. The maximum absolute atomic E-state index is 12.8. The van der Waals surface area contributed by atoms with Gasteiger partial charge in [-0.3, -0.25) is 14.5 Å². The van der Waals surface area contributed by atoms with Crippen molar-refractivity contribution < 1.29 is 23.9 Å². The van der Waals surface area contributed by atoms with E-state index >= 15 is 0 Å². The Labute approximate surface area is 185 Å². The van der Waals surface area contributed by atoms with E-state index in [1.807, 2.05) is 13.8 Å². The van der Waals surface area contributed by atoms with Crippen LogP contribution in [-0.2, 0) is 14.3 Å². The van der Waals surface area contributed by atoms with E-state index in [4.69, 9.17) is 9.47 Å². The fourth-order valence-electron chi connectivity index (χ4n) is 3.92. The molecule has 0 bridgehead atoms. The first kappa shape index (κ1) is 25.1. The molecule has 31 heavy (non-hydrogen) atoms. The number of aromatic amines is 1. The third-order valence-electron chi connectivity index (χ3n) is 5.59. The summed E-state index contributed by atoms with van der Waals surface area (Å²) in [4.78, 5) is 42.5. The second kappa shape index (κ2) is 12.0. The summed E-state index contributed by atoms with van der Waals surface area (Å²) in [7, 11) is 0. The molecule has 0 aromatic carbocycles. The Morgan fingerprint density at radius 1 is 1.19 bits per heavy atom. The van der Waals surface area contributed by atoms with Crippen molar-refractivity contribution in [2.24, 2.45) is 5.92 Å². The van der Waals surface area contributed by atoms with Crippen LogP contribution in [0.3, 0.4) is 0 Å². The van der Waals surface area contributed by atoms with E-state index in [9.17, 15) is 14.4 Å². The van der Waals surface area contributed by atoms with Crippen molar-refractivity contribution in [3.8, 4) is 0 Å². The second-order valence-corrected chi connectivity index (χ2v) is 8.38. The Morgan fingerprint density at radius 2 is 1.87 bits per heavy atom. The summed E-state index contributed by atoms with van der Waals surface area (Å²) < 4.78 is 10.6. The van der Waals surface area contributed by atoms with Gasteiger partial charge >= 0.3 is 5.97 Å². The molecule has 2 N–H and O–H groups in total. The number of H-pyrrole nitrogens is 1. The summed E-state index contributed by atoms with van der Waals surface area (Å²) >= 11 is 0. The molecular weight excluding hydrogens is 398 g/mol. The van der Waals surface area contributed by atoms with Crippen LogP contribution in [0.5, 0.6) is 0 Å². The molecule has 1 aromatic rings. The number of amides is 1. The van der Waals surface area contributed by atoms with Gasteiger partial charge in [0.05, 0.1) is 30.5 Å². The zero-order chi connectivity index (χ0) is 23.0. The maximum Gasteiger partial charge on any atom is 0.340 e. The number of aryl methyl sites for hydroxylation is 1. The van der Waals surface area contributed by atoms with Crippen molar-refractivity contribution >= 4 is 17.7 Å². The van der Waals surface area contributed by atoms with Crippen molar-refractivity contribution in [1.82, 2.24) is 15.2 Å². The van der Waals surface area contributed by atoms with Crippen molar-refractivity contribution in [3.63, 3.8) is 0 Å². The lowest BCUT2D eigenvalue weighted by Gasteiger charge is -2.30. The van der Waals surface area contributed by atoms with Gasteiger partial charge in [-0.2, -0.15) is 0 Å². The normalized spacial score (nSPS) is 15.3. The van der Waals surface area contributed by atoms with Crippen LogP contribution >= 0.6 is 0 Å². The van der Waals surface area contributed by atoms with Crippen LogP contribution in [0, 0.1) is 19.8 Å². The molecule has 0 spiro atoms. The van der Waals surface area contributed by atoms with Crippen molar-refractivity contribution in [1.29, 1.82) is 0 Å². The molecule has 174 valence electrons. The van der Waals surface area contributed by atoms with Gasteiger partial charge in [0.25, 0.3) is 0 Å². The van der Waals surface area contributed by atoms with Crippen LogP contribution < -0.4 is 5.32 Å². The number of hydrogen-bond donors (Lipinski definition) is 2. The molecule has 1 fully saturated rings. The summed E-state index contributed by atoms with van der Waals surface area (Å²) in [6, 6.07) is 0. The molecule has 1 aliphatic rings. The quantitative estimate of drug-likeness (QED) is 0.315. The standard InChI is InChI=1S/C23H37N3O5/c1-6-30-23(29)20-16(4)21(25-17(20)5)19(27)14-26-11-8-18(9-12-26)22(28)24-10-7-13-31-15(2)3/h15,18,25H,6-14H2,1-5H3,(H,24,28). The second-order valence-electron chi connectivity index (χ2n) is 8.38. The Balaban J connectivity index is 1.80. The van der Waals surface area contributed by atoms with E-state index < -0.39 is 5.97 Å². The highest BCUT2D eigenvalue weighted by atomic mass is 16.5. The largest absolute Gasteiger partial charge is 0.462 e. The van der Waals surface area contributed by atoms with Crippen molar-refractivity contribution in [2.45, 2.75) is 60.0 Å². The number of piperidine rings is 1. The Bertz CT molecular complexity index is 764. The van der Waals surface area contributed by atoms with Gasteiger partial charge in [0.2, 0.25) is 5.91 Å². The number of hydrogen-bond acceptors (Lipinski definition) is 6. The summed E-state index contributed by atoms with van der Waals surface area (Å²) in [5, 5.41) is 2.99. The number of nitrogens with one attached hydrogen (secondary N) is 2. The van der Waals surface area contributed by atoms with Gasteiger partial charge in [-0.15, -0.1) is 0 Å². The maximum atomic E-state index is 12.8. The average molecular weight is 436 g/mol. The number of carbonyl (C=O) groups excluding carboxylic acids is 3. The van der Waals surface area contributed by atoms with Gasteiger partial charge in [-0.25, -0.2) is 4.79 Å². The monoisotopic (exact) mass is 435 g/mol. The van der Waals surface area contributed by atoms with Gasteiger partial charge in [0.1, 0.15) is 0 Å². The molecule has 1 aromatic heterocycles. The number of likely N-dealkylation sites (tertiary alicyclic amines) is 1. The first-order chi connectivity index (χ1) is 14.7. The van der Waals surface area contributed by atoms with Crippen LogP contribution in [0.15, 0.2) is 0 Å². The van der Waals surface area contributed by atoms with E-state index in [1.54, 1.807) is 20.8 Å². The van der Waals surface area contributed by atoms with E-state index in [1.165, 1.54) is 0 Å². The van der Waals surface area contributed by atoms with E-state index in [2.05, 4.69) is 15.2 Å². The third kappa shape index (κ3) is 7.18. The molecule has 8 nitrogen and oxygen atoms in total. The zero-order valence-electron chi connectivity index (χ0n) is 19.5. The fourth-order valence-corrected chi connectivity index (χ4v) is 3.92. The summed E-state index contributed by atoms with van der Waals surface area (Å²) in [6.07, 6.45) is 2.48. The smallest absolute Gasteiger partial charge is 0.340 e. The van der Waals surface area contributed by atoms with Crippen LogP contribution in [0.4, 0.5) is 0 Å². The molecule has 1 saturated heterocycles. The third-order valence-corrected chi connectivity index (χ3v) is 5.59. The molecule has 0 aliphatic carbocycles. The topological polar surface area (TPSA) is 101 Å². The van der Waals surface area contributed by atoms with Gasteiger partial charge in [-0.05, 0) is 72.5 Å². The Morgan fingerprint density at radius 3 is 2.48 bits per heavy atom. The van der Waals surface area contributed by atoms with Gasteiger partial charge in [0.15, 0.2) is 5.78 Å². The first-order valence-electron chi connectivity index (χ1n) is 11.3. The van der Waals surface area contributed by atoms with E-state index in [-0.39, 0.29) is 30.3 Å². The number of carbonyl (C=O) groups is 3. The number of ether oxygens (including phenoxy) is 2. The van der Waals surface area contributed by atoms with E-state index in [0.717, 1.165) is 19.3 Å². The average Bonchev–Trinajstić information content (AvgIpc) is 3.02. The highest BCUT2D eigenvalue weighted by Crippen LogP contribution is 2.21. The summed E-state index contributed by atoms with van der Waals surface area (Å²) in [6.45, 7) is 12.5. The predicted octanol–water partition coefficient (Wildman–Crippen LogP) is 2.63. The molecule has 8 heteroatoms. The lowest BCUT2D eigenvalue weighted by molar-refractivity contribution is -0.126. The number of Topliss-reactive ketones (excluding diaryl/α,β-unsaturated/α-hetero) is 1. The van der Waals surface area contributed by atoms with E-state index in [0.29, 0.717) is 55.4 Å². The SMILES string of the molecule is CCOC(=O)c1c(C)[nH]c(C(=O)CN2CCC(C(=O)NCCCOC(C)C)CC2)c1C. The molecule has 0 atom stereocenters.